The first-order valence-corrected chi connectivity index (χ1v) is 1.50. The molecule has 7 heteroatoms. The molecule has 0 unspecified atom stereocenters. The van der Waals surface area contributed by atoms with Crippen molar-refractivity contribution in [2.45, 2.75) is 0 Å². The summed E-state index contributed by atoms with van der Waals surface area (Å²) < 4.78 is 8.28. The number of carbonyl (C=O) groups is 1. The zero-order valence-electron chi connectivity index (χ0n) is 4.38. The Morgan fingerprint density at radius 2 is 1.50 bits per heavy atom. The standard InChI is InChI=1S/CH2O3.Mg.Na.H2O.O/c2-1(3)4;;;;/h(H2,2,3,4);;;1H2;/q;;+1;;/p-1. The molecule has 0 aliphatic heterocycles. The maximum absolute atomic E-state index is 8.44. The van der Waals surface area contributed by atoms with E-state index in [0.29, 0.717) is 21.7 Å². The molecule has 0 bridgehead atoms. The van der Waals surface area contributed by atoms with Crippen molar-refractivity contribution >= 4 is 27.8 Å². The molecule has 40 valence electrons. The summed E-state index contributed by atoms with van der Waals surface area (Å²) in [6, 6.07) is 0. The SMILES string of the molecule is O.O=C([O-])O.[Na+].[O]=[Mg]. The number of hydrogen-bond donors (Lipinski definition) is 1. The van der Waals surface area contributed by atoms with Gasteiger partial charge >= 0.3 is 54.4 Å². The summed E-state index contributed by atoms with van der Waals surface area (Å²) in [6.07, 6.45) is -2.08. The first-order chi connectivity index (χ1) is 2.73. The second-order valence-corrected chi connectivity index (χ2v) is 0.266. The molecule has 8 heavy (non-hydrogen) atoms. The molecule has 0 saturated carbocycles. The molecule has 0 aromatic carbocycles. The Labute approximate surface area is 80.5 Å². The Bertz CT molecular complexity index is 43.7. The molecule has 0 aromatic heterocycles. The van der Waals surface area contributed by atoms with Gasteiger partial charge in [0.2, 0.25) is 6.16 Å². The summed E-state index contributed by atoms with van der Waals surface area (Å²) in [5.74, 6) is 0. The molecular weight excluding hydrogens is 139 g/mol. The van der Waals surface area contributed by atoms with Crippen LogP contribution in [-0.4, -0.2) is 38.4 Å². The summed E-state index contributed by atoms with van der Waals surface area (Å²) in [5, 5.41) is 15.3. The fourth-order valence-electron chi connectivity index (χ4n) is 0. The number of rotatable bonds is 0. The predicted octanol–water partition coefficient (Wildman–Crippen LogP) is -5.43. The summed E-state index contributed by atoms with van der Waals surface area (Å²) in [5.41, 5.74) is 0. The molecule has 0 aliphatic rings. The minimum atomic E-state index is -2.08. The first-order valence-electron chi connectivity index (χ1n) is 0.921. The van der Waals surface area contributed by atoms with E-state index in [2.05, 4.69) is 0 Å². The summed E-state index contributed by atoms with van der Waals surface area (Å²) in [4.78, 5) is 8.44. The molecule has 0 aromatic rings. The van der Waals surface area contributed by atoms with Crippen LogP contribution in [0, 0.1) is 0 Å². The third-order valence-electron chi connectivity index (χ3n) is 0. The molecular formula is CH3MgNaO5. The normalized spacial score (nSPS) is 3.75. The van der Waals surface area contributed by atoms with Gasteiger partial charge in [-0.15, -0.1) is 0 Å². The van der Waals surface area contributed by atoms with E-state index in [9.17, 15) is 0 Å². The second kappa shape index (κ2) is 25.0. The zero-order valence-corrected chi connectivity index (χ0v) is 7.79. The van der Waals surface area contributed by atoms with Gasteiger partial charge < -0.3 is 20.5 Å². The molecule has 0 saturated heterocycles. The van der Waals surface area contributed by atoms with Crippen LogP contribution in [0.5, 0.6) is 0 Å². The van der Waals surface area contributed by atoms with Crippen molar-refractivity contribution < 1.29 is 53.2 Å². The molecule has 0 heterocycles. The van der Waals surface area contributed by atoms with Crippen LogP contribution in [0.2, 0.25) is 0 Å². The molecule has 0 spiro atoms. The Morgan fingerprint density at radius 3 is 1.50 bits per heavy atom. The molecule has 0 fully saturated rings. The van der Waals surface area contributed by atoms with Crippen molar-refractivity contribution in [3.8, 4) is 0 Å². The van der Waals surface area contributed by atoms with Gasteiger partial charge in [0.25, 0.3) is 0 Å². The molecule has 0 radical (unpaired) electrons. The maximum atomic E-state index is 8.44. The van der Waals surface area contributed by atoms with Gasteiger partial charge in [-0.1, -0.05) is 0 Å². The van der Waals surface area contributed by atoms with Crippen LogP contribution in [-0.2, 0) is 3.17 Å². The molecule has 5 nitrogen and oxygen atoms in total. The van der Waals surface area contributed by atoms with Gasteiger partial charge in [-0.3, -0.25) is 0 Å². The van der Waals surface area contributed by atoms with Crippen LogP contribution in [0.3, 0.4) is 0 Å². The second-order valence-electron chi connectivity index (χ2n) is 0.266. The van der Waals surface area contributed by atoms with Crippen molar-refractivity contribution in [1.29, 1.82) is 0 Å². The van der Waals surface area contributed by atoms with E-state index in [-0.39, 0.29) is 35.0 Å². The fraction of sp³-hybridized carbons (Fsp3) is 0. The van der Waals surface area contributed by atoms with E-state index in [0.717, 1.165) is 0 Å². The van der Waals surface area contributed by atoms with E-state index in [1.807, 2.05) is 0 Å². The van der Waals surface area contributed by atoms with Gasteiger partial charge in [0, 0.05) is 0 Å². The number of hydrogen-bond acceptors (Lipinski definition) is 3. The summed E-state index contributed by atoms with van der Waals surface area (Å²) in [7, 11) is 0. The monoisotopic (exact) mass is 142 g/mol. The predicted molar refractivity (Wildman–Crippen MR) is 18.1 cm³/mol. The Kier molecular flexibility index (Phi) is 72.6. The van der Waals surface area contributed by atoms with Crippen LogP contribution in [0.1, 0.15) is 0 Å². The Balaban J connectivity index is -0.0000000183. The molecule has 0 atom stereocenters. The van der Waals surface area contributed by atoms with E-state index in [4.69, 9.17) is 18.2 Å². The molecule has 0 aliphatic carbocycles. The Morgan fingerprint density at radius 1 is 1.50 bits per heavy atom. The van der Waals surface area contributed by atoms with Crippen LogP contribution in [0.4, 0.5) is 4.79 Å². The van der Waals surface area contributed by atoms with Crippen molar-refractivity contribution in [1.82, 2.24) is 0 Å². The fourth-order valence-corrected chi connectivity index (χ4v) is 0. The zero-order chi connectivity index (χ0) is 5.58. The van der Waals surface area contributed by atoms with Gasteiger partial charge in [-0.2, -0.15) is 0 Å². The topological polar surface area (TPSA) is 109 Å². The third-order valence-corrected chi connectivity index (χ3v) is 0. The van der Waals surface area contributed by atoms with Crippen molar-refractivity contribution in [3.63, 3.8) is 0 Å². The van der Waals surface area contributed by atoms with Gasteiger partial charge in [-0.25, -0.2) is 0 Å². The van der Waals surface area contributed by atoms with Crippen LogP contribution in [0.25, 0.3) is 0 Å². The third kappa shape index (κ3) is 360. The average molecular weight is 142 g/mol. The molecule has 0 amide bonds. The van der Waals surface area contributed by atoms with Gasteiger partial charge in [-0.05, 0) is 0 Å². The van der Waals surface area contributed by atoms with Gasteiger partial charge in [0.15, 0.2) is 0 Å². The molecule has 0 rings (SSSR count). The Hall–Kier alpha value is 0.796. The van der Waals surface area contributed by atoms with Crippen molar-refractivity contribution in [2.24, 2.45) is 0 Å². The minimum absolute atomic E-state index is 0. The van der Waals surface area contributed by atoms with E-state index >= 15 is 0 Å². The number of carboxylic acid groups (broad SMARTS) is 2. The van der Waals surface area contributed by atoms with E-state index in [1.54, 1.807) is 0 Å². The molecule has 3 N–H and O–H groups in total. The van der Waals surface area contributed by atoms with Crippen molar-refractivity contribution in [2.75, 3.05) is 0 Å². The van der Waals surface area contributed by atoms with Crippen molar-refractivity contribution in [3.05, 3.63) is 0 Å². The van der Waals surface area contributed by atoms with Crippen LogP contribution >= 0.6 is 0 Å². The van der Waals surface area contributed by atoms with Gasteiger partial charge in [0.05, 0.1) is 0 Å². The summed E-state index contributed by atoms with van der Waals surface area (Å²) in [6.45, 7) is 0. The van der Waals surface area contributed by atoms with Crippen LogP contribution < -0.4 is 34.7 Å². The van der Waals surface area contributed by atoms with Gasteiger partial charge in [0.1, 0.15) is 0 Å². The average Bonchev–Trinajstić information content (AvgIpc) is 1.41. The quantitative estimate of drug-likeness (QED) is 0.340. The first kappa shape index (κ1) is 23.2. The van der Waals surface area contributed by atoms with E-state index in [1.165, 1.54) is 0 Å². The van der Waals surface area contributed by atoms with Crippen LogP contribution in [0.15, 0.2) is 0 Å². The summed E-state index contributed by atoms with van der Waals surface area (Å²) >= 11 is 0.611. The van der Waals surface area contributed by atoms with E-state index < -0.39 is 6.16 Å².